The SMILES string of the molecule is CC[C@@H](C)n1cc(/C=C(/C#N)c2ccccc2F)c2ccccc21. The molecule has 0 unspecified atom stereocenters. The number of hydrogen-bond acceptors (Lipinski definition) is 1. The number of aromatic nitrogens is 1. The number of rotatable bonds is 4. The first-order chi connectivity index (χ1) is 11.7. The van der Waals surface area contributed by atoms with E-state index in [4.69, 9.17) is 0 Å². The van der Waals surface area contributed by atoms with Crippen molar-refractivity contribution in [1.82, 2.24) is 4.57 Å². The van der Waals surface area contributed by atoms with Crippen LogP contribution < -0.4 is 0 Å². The minimum atomic E-state index is -0.379. The van der Waals surface area contributed by atoms with Crippen molar-refractivity contribution in [3.8, 4) is 6.07 Å². The van der Waals surface area contributed by atoms with Gasteiger partial charge in [0.25, 0.3) is 0 Å². The van der Waals surface area contributed by atoms with E-state index in [0.717, 1.165) is 22.9 Å². The molecule has 0 aliphatic carbocycles. The highest BCUT2D eigenvalue weighted by Crippen LogP contribution is 2.29. The molecule has 0 saturated heterocycles. The Morgan fingerprint density at radius 1 is 1.21 bits per heavy atom. The van der Waals surface area contributed by atoms with Crippen molar-refractivity contribution in [2.75, 3.05) is 0 Å². The third-order valence-electron chi connectivity index (χ3n) is 4.42. The van der Waals surface area contributed by atoms with E-state index in [0.29, 0.717) is 17.2 Å². The first-order valence-corrected chi connectivity index (χ1v) is 8.12. The van der Waals surface area contributed by atoms with Crippen LogP contribution >= 0.6 is 0 Å². The van der Waals surface area contributed by atoms with Gasteiger partial charge in [-0.1, -0.05) is 43.3 Å². The van der Waals surface area contributed by atoms with E-state index >= 15 is 0 Å². The summed E-state index contributed by atoms with van der Waals surface area (Å²) >= 11 is 0. The van der Waals surface area contributed by atoms with Crippen LogP contribution in [0.3, 0.4) is 0 Å². The molecule has 24 heavy (non-hydrogen) atoms. The predicted octanol–water partition coefficient (Wildman–Crippen LogP) is 5.82. The number of hydrogen-bond donors (Lipinski definition) is 0. The summed E-state index contributed by atoms with van der Waals surface area (Å²) in [5, 5.41) is 10.6. The summed E-state index contributed by atoms with van der Waals surface area (Å²) in [6, 6.07) is 17.0. The number of benzene rings is 2. The zero-order chi connectivity index (χ0) is 17.1. The molecule has 1 aromatic heterocycles. The van der Waals surface area contributed by atoms with Gasteiger partial charge < -0.3 is 4.57 Å². The van der Waals surface area contributed by atoms with E-state index in [-0.39, 0.29) is 5.82 Å². The lowest BCUT2D eigenvalue weighted by Crippen LogP contribution is -2.01. The monoisotopic (exact) mass is 318 g/mol. The lowest BCUT2D eigenvalue weighted by Gasteiger charge is -2.12. The van der Waals surface area contributed by atoms with Gasteiger partial charge >= 0.3 is 0 Å². The zero-order valence-electron chi connectivity index (χ0n) is 13.8. The van der Waals surface area contributed by atoms with Crippen molar-refractivity contribution in [1.29, 1.82) is 5.26 Å². The molecule has 0 amide bonds. The van der Waals surface area contributed by atoms with Gasteiger partial charge in [-0.3, -0.25) is 0 Å². The molecule has 0 spiro atoms. The van der Waals surface area contributed by atoms with Crippen molar-refractivity contribution >= 4 is 22.6 Å². The maximum absolute atomic E-state index is 14.0. The molecule has 1 heterocycles. The minimum absolute atomic E-state index is 0.333. The second-order valence-corrected chi connectivity index (χ2v) is 5.92. The average Bonchev–Trinajstić information content (AvgIpc) is 2.98. The molecule has 3 heteroatoms. The van der Waals surface area contributed by atoms with Crippen LogP contribution in [-0.2, 0) is 0 Å². The molecule has 2 aromatic carbocycles. The molecule has 3 aromatic rings. The van der Waals surface area contributed by atoms with Gasteiger partial charge in [0.05, 0.1) is 11.6 Å². The van der Waals surface area contributed by atoms with Crippen molar-refractivity contribution in [2.24, 2.45) is 0 Å². The van der Waals surface area contributed by atoms with E-state index in [1.807, 2.05) is 18.2 Å². The maximum atomic E-state index is 14.0. The smallest absolute Gasteiger partial charge is 0.131 e. The van der Waals surface area contributed by atoms with E-state index in [1.54, 1.807) is 24.3 Å². The Balaban J connectivity index is 2.19. The second kappa shape index (κ2) is 6.72. The molecule has 0 saturated carbocycles. The predicted molar refractivity (Wildman–Crippen MR) is 96.8 cm³/mol. The third-order valence-corrected chi connectivity index (χ3v) is 4.42. The van der Waals surface area contributed by atoms with Gasteiger partial charge in [-0.2, -0.15) is 5.26 Å². The molecule has 0 aliphatic heterocycles. The van der Waals surface area contributed by atoms with Gasteiger partial charge in [0.1, 0.15) is 5.82 Å². The van der Waals surface area contributed by atoms with Crippen LogP contribution in [0.5, 0.6) is 0 Å². The summed E-state index contributed by atoms with van der Waals surface area (Å²) in [4.78, 5) is 0. The first kappa shape index (κ1) is 16.0. The normalized spacial score (nSPS) is 13.0. The van der Waals surface area contributed by atoms with Crippen LogP contribution in [0.4, 0.5) is 4.39 Å². The Kier molecular flexibility index (Phi) is 4.48. The van der Waals surface area contributed by atoms with Crippen molar-refractivity contribution in [3.63, 3.8) is 0 Å². The van der Waals surface area contributed by atoms with Crippen molar-refractivity contribution in [2.45, 2.75) is 26.3 Å². The van der Waals surface area contributed by atoms with Gasteiger partial charge in [-0.05, 0) is 31.6 Å². The second-order valence-electron chi connectivity index (χ2n) is 5.92. The molecular weight excluding hydrogens is 299 g/mol. The summed E-state index contributed by atoms with van der Waals surface area (Å²) in [7, 11) is 0. The highest BCUT2D eigenvalue weighted by atomic mass is 19.1. The molecule has 0 N–H and O–H groups in total. The maximum Gasteiger partial charge on any atom is 0.131 e. The molecule has 3 rings (SSSR count). The fourth-order valence-corrected chi connectivity index (χ4v) is 2.91. The highest BCUT2D eigenvalue weighted by molar-refractivity contribution is 5.98. The van der Waals surface area contributed by atoms with Gasteiger partial charge in [0.2, 0.25) is 0 Å². The minimum Gasteiger partial charge on any atom is -0.344 e. The largest absolute Gasteiger partial charge is 0.344 e. The van der Waals surface area contributed by atoms with E-state index in [1.165, 1.54) is 6.07 Å². The molecule has 2 nitrogen and oxygen atoms in total. The van der Waals surface area contributed by atoms with Gasteiger partial charge in [0.15, 0.2) is 0 Å². The van der Waals surface area contributed by atoms with E-state index in [2.05, 4.69) is 36.7 Å². The molecular formula is C21H19FN2. The molecule has 1 atom stereocenters. The standard InChI is InChI=1S/C21H19FN2/c1-3-15(2)24-14-17(19-9-5-7-11-21(19)24)12-16(13-23)18-8-4-6-10-20(18)22/h4-12,14-15H,3H2,1-2H3/b16-12-/t15-/m1/s1. The summed E-state index contributed by atoms with van der Waals surface area (Å²) in [5.41, 5.74) is 2.73. The van der Waals surface area contributed by atoms with Crippen LogP contribution in [0.15, 0.2) is 54.7 Å². The zero-order valence-corrected chi connectivity index (χ0v) is 13.8. The Labute approximate surface area is 141 Å². The number of nitrogens with zero attached hydrogens (tertiary/aromatic N) is 2. The summed E-state index contributed by atoms with van der Waals surface area (Å²) in [6.07, 6.45) is 4.84. The van der Waals surface area contributed by atoms with Crippen LogP contribution in [0, 0.1) is 17.1 Å². The molecule has 0 radical (unpaired) electrons. The van der Waals surface area contributed by atoms with Gasteiger partial charge in [-0.25, -0.2) is 4.39 Å². The van der Waals surface area contributed by atoms with Crippen LogP contribution in [0.2, 0.25) is 0 Å². The van der Waals surface area contributed by atoms with Gasteiger partial charge in [0, 0.05) is 34.3 Å². The fourth-order valence-electron chi connectivity index (χ4n) is 2.91. The Bertz CT molecular complexity index is 944. The van der Waals surface area contributed by atoms with Gasteiger partial charge in [-0.15, -0.1) is 0 Å². The third kappa shape index (κ3) is 2.83. The Hall–Kier alpha value is -2.86. The van der Waals surface area contributed by atoms with Crippen LogP contribution in [0.25, 0.3) is 22.6 Å². The number of para-hydroxylation sites is 1. The number of fused-ring (bicyclic) bond motifs is 1. The van der Waals surface area contributed by atoms with Crippen molar-refractivity contribution in [3.05, 3.63) is 71.7 Å². The lowest BCUT2D eigenvalue weighted by atomic mass is 10.0. The lowest BCUT2D eigenvalue weighted by molar-refractivity contribution is 0.548. The number of nitriles is 1. The summed E-state index contributed by atoms with van der Waals surface area (Å²) in [6.45, 7) is 4.32. The van der Waals surface area contributed by atoms with E-state index in [9.17, 15) is 9.65 Å². The topological polar surface area (TPSA) is 28.7 Å². The first-order valence-electron chi connectivity index (χ1n) is 8.12. The Morgan fingerprint density at radius 2 is 1.92 bits per heavy atom. The number of halogens is 1. The fraction of sp³-hybridized carbons (Fsp3) is 0.190. The summed E-state index contributed by atoms with van der Waals surface area (Å²) in [5.74, 6) is -0.379. The Morgan fingerprint density at radius 3 is 2.62 bits per heavy atom. The molecule has 120 valence electrons. The van der Waals surface area contributed by atoms with Crippen molar-refractivity contribution < 1.29 is 4.39 Å². The van der Waals surface area contributed by atoms with E-state index < -0.39 is 0 Å². The number of allylic oxidation sites excluding steroid dienone is 1. The average molecular weight is 318 g/mol. The molecule has 0 bridgehead atoms. The molecule has 0 fully saturated rings. The quantitative estimate of drug-likeness (QED) is 0.557. The highest BCUT2D eigenvalue weighted by Gasteiger charge is 2.13. The van der Waals surface area contributed by atoms with Crippen LogP contribution in [-0.4, -0.2) is 4.57 Å². The molecule has 0 aliphatic rings. The summed E-state index contributed by atoms with van der Waals surface area (Å²) < 4.78 is 16.3. The van der Waals surface area contributed by atoms with Crippen LogP contribution in [0.1, 0.15) is 37.4 Å².